The van der Waals surface area contributed by atoms with E-state index in [9.17, 15) is 9.59 Å². The minimum atomic E-state index is 0.0556. The maximum absolute atomic E-state index is 11.8. The van der Waals surface area contributed by atoms with Crippen molar-refractivity contribution < 1.29 is 9.59 Å². The van der Waals surface area contributed by atoms with Crippen LogP contribution in [0.5, 0.6) is 0 Å². The predicted octanol–water partition coefficient (Wildman–Crippen LogP) is 1.75. The van der Waals surface area contributed by atoms with E-state index in [0.29, 0.717) is 36.2 Å². The van der Waals surface area contributed by atoms with E-state index < -0.39 is 0 Å². The van der Waals surface area contributed by atoms with Gasteiger partial charge in [0.05, 0.1) is 0 Å². The highest BCUT2D eigenvalue weighted by Gasteiger charge is 2.49. The Bertz CT molecular complexity index is 297. The van der Waals surface area contributed by atoms with Gasteiger partial charge in [0.2, 0.25) is 0 Å². The Morgan fingerprint density at radius 2 is 1.29 bits per heavy atom. The van der Waals surface area contributed by atoms with Gasteiger partial charge in [-0.05, 0) is 24.7 Å². The van der Waals surface area contributed by atoms with Crippen LogP contribution in [0.4, 0.5) is 0 Å². The number of hydrogen-bond donors (Lipinski definition) is 0. The molecule has 2 fully saturated rings. The number of rotatable bonds is 0. The van der Waals surface area contributed by atoms with Gasteiger partial charge in [0.1, 0.15) is 11.6 Å². The Balaban J connectivity index is 2.02. The van der Waals surface area contributed by atoms with Gasteiger partial charge in [0, 0.05) is 24.7 Å². The third-order valence-corrected chi connectivity index (χ3v) is 4.11. The minimum Gasteiger partial charge on any atom is -0.299 e. The summed E-state index contributed by atoms with van der Waals surface area (Å²) < 4.78 is 0. The van der Waals surface area contributed by atoms with Gasteiger partial charge in [-0.3, -0.25) is 9.59 Å². The monoisotopic (exact) mass is 190 g/mol. The van der Waals surface area contributed by atoms with Crippen molar-refractivity contribution in [1.29, 1.82) is 0 Å². The van der Waals surface area contributed by atoms with Crippen LogP contribution < -0.4 is 0 Å². The van der Waals surface area contributed by atoms with Gasteiger partial charge >= 0.3 is 0 Å². The first-order chi connectivity index (χ1) is 6.77. The van der Waals surface area contributed by atoms with E-state index in [1.165, 1.54) is 0 Å². The molecule has 0 radical (unpaired) electrons. The molecule has 4 aliphatic carbocycles. The number of carbonyl (C=O) groups excluding carboxylic acids is 2. The Labute approximate surface area is 83.4 Å². The van der Waals surface area contributed by atoms with Crippen LogP contribution in [-0.2, 0) is 9.59 Å². The van der Waals surface area contributed by atoms with Gasteiger partial charge in [0.25, 0.3) is 0 Å². The topological polar surface area (TPSA) is 34.1 Å². The normalized spacial score (nSPS) is 45.4. The smallest absolute Gasteiger partial charge is 0.137 e. The summed E-state index contributed by atoms with van der Waals surface area (Å²) in [6.07, 6.45) is 7.56. The standard InChI is InChI=1S/C12H14O2/c13-9-5-6-10(14)12-8-2-1-7(3-4-8)11(9)12/h1-2,7-8,11-12H,3-6H2. The van der Waals surface area contributed by atoms with Crippen molar-refractivity contribution in [2.75, 3.05) is 0 Å². The van der Waals surface area contributed by atoms with E-state index in [4.69, 9.17) is 0 Å². The lowest BCUT2D eigenvalue weighted by atomic mass is 9.57. The van der Waals surface area contributed by atoms with E-state index in [2.05, 4.69) is 12.2 Å². The van der Waals surface area contributed by atoms with E-state index >= 15 is 0 Å². The summed E-state index contributed by atoms with van der Waals surface area (Å²) in [5.41, 5.74) is 0. The molecule has 0 aromatic carbocycles. The van der Waals surface area contributed by atoms with Crippen LogP contribution in [0, 0.1) is 23.7 Å². The van der Waals surface area contributed by atoms with Crippen molar-refractivity contribution in [2.24, 2.45) is 23.7 Å². The molecule has 0 N–H and O–H groups in total. The summed E-state index contributed by atoms with van der Waals surface area (Å²) in [5.74, 6) is 1.55. The zero-order valence-corrected chi connectivity index (χ0v) is 8.11. The molecule has 14 heavy (non-hydrogen) atoms. The van der Waals surface area contributed by atoms with Crippen LogP contribution >= 0.6 is 0 Å². The molecular formula is C12H14O2. The quantitative estimate of drug-likeness (QED) is 0.545. The van der Waals surface area contributed by atoms with Crippen molar-refractivity contribution >= 4 is 11.6 Å². The second-order valence-corrected chi connectivity index (χ2v) is 4.77. The summed E-state index contributed by atoms with van der Waals surface area (Å²) in [5, 5.41) is 0. The summed E-state index contributed by atoms with van der Waals surface area (Å²) in [7, 11) is 0. The average Bonchev–Trinajstić information content (AvgIpc) is 2.25. The van der Waals surface area contributed by atoms with E-state index in [1.54, 1.807) is 0 Å². The predicted molar refractivity (Wildman–Crippen MR) is 51.6 cm³/mol. The first-order valence-electron chi connectivity index (χ1n) is 5.51. The van der Waals surface area contributed by atoms with Crippen LogP contribution in [0.2, 0.25) is 0 Å². The van der Waals surface area contributed by atoms with Crippen LogP contribution in [0.25, 0.3) is 0 Å². The van der Waals surface area contributed by atoms with Crippen LogP contribution in [0.15, 0.2) is 12.2 Å². The van der Waals surface area contributed by atoms with Gasteiger partial charge in [-0.2, -0.15) is 0 Å². The summed E-state index contributed by atoms with van der Waals surface area (Å²) in [6.45, 7) is 0. The van der Waals surface area contributed by atoms with E-state index in [0.717, 1.165) is 12.8 Å². The van der Waals surface area contributed by atoms with Crippen molar-refractivity contribution in [3.63, 3.8) is 0 Å². The van der Waals surface area contributed by atoms with Crippen LogP contribution in [0.1, 0.15) is 25.7 Å². The van der Waals surface area contributed by atoms with Gasteiger partial charge in [-0.15, -0.1) is 0 Å². The molecule has 4 atom stereocenters. The van der Waals surface area contributed by atoms with Crippen molar-refractivity contribution in [3.8, 4) is 0 Å². The first kappa shape index (κ1) is 8.39. The summed E-state index contributed by atoms with van der Waals surface area (Å²) in [6, 6.07) is 0. The summed E-state index contributed by atoms with van der Waals surface area (Å²) in [4.78, 5) is 23.6. The lowest BCUT2D eigenvalue weighted by molar-refractivity contribution is -0.143. The lowest BCUT2D eigenvalue weighted by Crippen LogP contribution is -2.48. The molecule has 0 aliphatic heterocycles. The zero-order chi connectivity index (χ0) is 9.71. The Hall–Kier alpha value is -0.920. The molecular weight excluding hydrogens is 176 g/mol. The number of hydrogen-bond acceptors (Lipinski definition) is 2. The van der Waals surface area contributed by atoms with Crippen molar-refractivity contribution in [2.45, 2.75) is 25.7 Å². The third kappa shape index (κ3) is 0.969. The maximum Gasteiger partial charge on any atom is 0.137 e. The molecule has 0 aromatic rings. The molecule has 2 heteroatoms. The maximum atomic E-state index is 11.8. The molecule has 2 bridgehead atoms. The fraction of sp³-hybridized carbons (Fsp3) is 0.667. The first-order valence-corrected chi connectivity index (χ1v) is 5.51. The Kier molecular flexibility index (Phi) is 1.67. The molecule has 4 aliphatic rings. The van der Waals surface area contributed by atoms with Gasteiger partial charge in [-0.1, -0.05) is 12.2 Å². The molecule has 0 heterocycles. The number of Topliss-reactive ketones (excluding diaryl/α,β-unsaturated/α-hetero) is 2. The largest absolute Gasteiger partial charge is 0.299 e. The highest BCUT2D eigenvalue weighted by molar-refractivity contribution is 5.97. The molecule has 0 spiro atoms. The molecule has 0 aromatic heterocycles. The SMILES string of the molecule is O=C1CCC(=O)C2C3C=CC(CC3)C12. The van der Waals surface area contributed by atoms with Crippen LogP contribution in [-0.4, -0.2) is 11.6 Å². The fourth-order valence-corrected chi connectivity index (χ4v) is 3.45. The molecule has 2 saturated carbocycles. The van der Waals surface area contributed by atoms with Crippen molar-refractivity contribution in [3.05, 3.63) is 12.2 Å². The van der Waals surface area contributed by atoms with E-state index in [-0.39, 0.29) is 11.8 Å². The highest BCUT2D eigenvalue weighted by atomic mass is 16.1. The molecule has 4 rings (SSSR count). The minimum absolute atomic E-state index is 0.0556. The third-order valence-electron chi connectivity index (χ3n) is 4.11. The highest BCUT2D eigenvalue weighted by Crippen LogP contribution is 2.48. The number of allylic oxidation sites excluding steroid dienone is 2. The second kappa shape index (κ2) is 2.78. The van der Waals surface area contributed by atoms with Gasteiger partial charge < -0.3 is 0 Å². The van der Waals surface area contributed by atoms with Crippen LogP contribution in [0.3, 0.4) is 0 Å². The molecule has 0 amide bonds. The average molecular weight is 190 g/mol. The number of ketones is 2. The summed E-state index contributed by atoms with van der Waals surface area (Å²) >= 11 is 0. The molecule has 4 unspecified atom stereocenters. The van der Waals surface area contributed by atoms with E-state index in [1.807, 2.05) is 0 Å². The number of fused-ring (bicyclic) bond motifs is 1. The van der Waals surface area contributed by atoms with Crippen molar-refractivity contribution in [1.82, 2.24) is 0 Å². The molecule has 2 nitrogen and oxygen atoms in total. The molecule has 0 saturated heterocycles. The Morgan fingerprint density at radius 3 is 1.64 bits per heavy atom. The number of carbonyl (C=O) groups is 2. The fourth-order valence-electron chi connectivity index (χ4n) is 3.45. The Morgan fingerprint density at radius 1 is 0.857 bits per heavy atom. The zero-order valence-electron chi connectivity index (χ0n) is 8.11. The molecule has 74 valence electrons. The second-order valence-electron chi connectivity index (χ2n) is 4.77. The lowest BCUT2D eigenvalue weighted by Gasteiger charge is -2.45. The van der Waals surface area contributed by atoms with Gasteiger partial charge in [0.15, 0.2) is 0 Å². The van der Waals surface area contributed by atoms with Gasteiger partial charge in [-0.25, -0.2) is 0 Å².